The van der Waals surface area contributed by atoms with Crippen molar-refractivity contribution in [2.75, 3.05) is 0 Å². The first-order chi connectivity index (χ1) is 31.7. The summed E-state index contributed by atoms with van der Waals surface area (Å²) in [7, 11) is 0. The van der Waals surface area contributed by atoms with E-state index in [4.69, 9.17) is 9.97 Å². The summed E-state index contributed by atoms with van der Waals surface area (Å²) in [5.41, 5.74) is 14.7. The van der Waals surface area contributed by atoms with Gasteiger partial charge in [-0.05, 0) is 53.1 Å². The monoisotopic (exact) mass is 815 g/mol. The number of hydrogen-bond donors (Lipinski definition) is 0. The van der Waals surface area contributed by atoms with Crippen molar-refractivity contribution >= 4 is 43.6 Å². The molecule has 0 N–H and O–H groups in total. The van der Waals surface area contributed by atoms with Crippen molar-refractivity contribution in [3.63, 3.8) is 0 Å². The molecule has 12 aromatic rings. The molecular weight excluding hydrogens is 779 g/mol. The molecule has 12 rings (SSSR count). The second-order valence-electron chi connectivity index (χ2n) is 16.0. The molecule has 0 aliphatic heterocycles. The second-order valence-corrected chi connectivity index (χ2v) is 16.0. The number of nitrogens with zero attached hydrogens (tertiary/aromatic N) is 5. The van der Waals surface area contributed by atoms with Gasteiger partial charge in [0.1, 0.15) is 11.6 Å². The molecule has 0 bridgehead atoms. The zero-order valence-electron chi connectivity index (χ0n) is 34.6. The molecule has 0 spiro atoms. The summed E-state index contributed by atoms with van der Waals surface area (Å²) in [4.78, 5) is 11.0. The minimum absolute atomic E-state index is 0.428. The summed E-state index contributed by atoms with van der Waals surface area (Å²) in [6, 6.07) is 80.9. The molecule has 0 radical (unpaired) electrons. The van der Waals surface area contributed by atoms with Gasteiger partial charge in [-0.2, -0.15) is 5.26 Å². The van der Waals surface area contributed by atoms with E-state index >= 15 is 0 Å². The third-order valence-electron chi connectivity index (χ3n) is 12.4. The first kappa shape index (κ1) is 37.0. The van der Waals surface area contributed by atoms with Crippen LogP contribution in [0.3, 0.4) is 0 Å². The molecule has 0 atom stereocenters. The van der Waals surface area contributed by atoms with Gasteiger partial charge in [0.2, 0.25) is 0 Å². The van der Waals surface area contributed by atoms with Crippen LogP contribution in [0, 0.1) is 11.3 Å². The lowest BCUT2D eigenvalue weighted by molar-refractivity contribution is 1.13. The van der Waals surface area contributed by atoms with Crippen molar-refractivity contribution in [2.45, 2.75) is 0 Å². The lowest BCUT2D eigenvalue weighted by Gasteiger charge is -2.22. The fourth-order valence-corrected chi connectivity index (χ4v) is 9.59. The largest absolute Gasteiger partial charge is 0.309 e. The molecule has 298 valence electrons. The normalized spacial score (nSPS) is 11.4. The summed E-state index contributed by atoms with van der Waals surface area (Å²) < 4.78 is 4.80. The molecule has 3 aromatic heterocycles. The van der Waals surface area contributed by atoms with Crippen molar-refractivity contribution < 1.29 is 0 Å². The SMILES string of the molecule is N#Cc1c(-c2ccccc2)nc(-c2c(-c3ccccc3)ccc(-c3ccccc3)c2-n2c3ccccc3c3cc(-n4c5ccccc5c5ccccc54)ccc32)nc1-c1ccccc1. The van der Waals surface area contributed by atoms with Gasteiger partial charge in [-0.1, -0.05) is 188 Å². The van der Waals surface area contributed by atoms with Gasteiger partial charge >= 0.3 is 0 Å². The summed E-state index contributed by atoms with van der Waals surface area (Å²) >= 11 is 0. The van der Waals surface area contributed by atoms with Crippen molar-refractivity contribution in [1.29, 1.82) is 5.26 Å². The average molecular weight is 816 g/mol. The van der Waals surface area contributed by atoms with Crippen LogP contribution in [-0.2, 0) is 0 Å². The fourth-order valence-electron chi connectivity index (χ4n) is 9.59. The van der Waals surface area contributed by atoms with E-state index in [0.29, 0.717) is 22.8 Å². The molecule has 5 heteroatoms. The van der Waals surface area contributed by atoms with E-state index < -0.39 is 0 Å². The summed E-state index contributed by atoms with van der Waals surface area (Å²) in [5.74, 6) is 0.524. The van der Waals surface area contributed by atoms with E-state index in [1.54, 1.807) is 0 Å². The summed E-state index contributed by atoms with van der Waals surface area (Å²) in [6.45, 7) is 0. The maximum absolute atomic E-state index is 10.9. The smallest absolute Gasteiger partial charge is 0.163 e. The Bertz CT molecular complexity index is 3650. The van der Waals surface area contributed by atoms with E-state index in [9.17, 15) is 5.26 Å². The van der Waals surface area contributed by atoms with Gasteiger partial charge in [-0.25, -0.2) is 9.97 Å². The Morgan fingerprint density at radius 3 is 1.28 bits per heavy atom. The fraction of sp³-hybridized carbons (Fsp3) is 0. The second kappa shape index (κ2) is 15.3. The molecule has 0 aliphatic rings. The molecule has 64 heavy (non-hydrogen) atoms. The zero-order valence-corrected chi connectivity index (χ0v) is 34.6. The standard InChI is InChI=1S/C59H37N5/c60-38-50-56(41-23-9-3-10-24-41)61-59(62-57(50)42-25-11-4-12-26-42)55-44(39-19-5-1-6-20-39)34-35-45(40-21-7-2-8-22-40)58(55)64-53-32-18-15-29-48(53)49-37-43(33-36-54(49)64)63-51-30-16-13-27-46(51)47-28-14-17-31-52(47)63/h1-37H. The Balaban J connectivity index is 1.24. The number of aromatic nitrogens is 4. The molecule has 0 aliphatic carbocycles. The number of nitriles is 1. The van der Waals surface area contributed by atoms with E-state index in [-0.39, 0.29) is 0 Å². The Morgan fingerprint density at radius 1 is 0.359 bits per heavy atom. The zero-order chi connectivity index (χ0) is 42.6. The van der Waals surface area contributed by atoms with Crippen molar-refractivity contribution in [2.24, 2.45) is 0 Å². The third kappa shape index (κ3) is 5.93. The number of fused-ring (bicyclic) bond motifs is 6. The minimum atomic E-state index is 0.428. The number of benzene rings is 9. The molecule has 0 amide bonds. The van der Waals surface area contributed by atoms with Crippen LogP contribution in [0.5, 0.6) is 0 Å². The summed E-state index contributed by atoms with van der Waals surface area (Å²) in [5, 5.41) is 15.6. The number of para-hydroxylation sites is 3. The van der Waals surface area contributed by atoms with Crippen LogP contribution in [0.15, 0.2) is 224 Å². The van der Waals surface area contributed by atoms with Gasteiger partial charge in [0, 0.05) is 43.9 Å². The highest BCUT2D eigenvalue weighted by Gasteiger charge is 2.27. The Morgan fingerprint density at radius 2 is 0.766 bits per heavy atom. The third-order valence-corrected chi connectivity index (χ3v) is 12.4. The van der Waals surface area contributed by atoms with E-state index in [1.165, 1.54) is 10.8 Å². The number of hydrogen-bond acceptors (Lipinski definition) is 3. The number of rotatable bonds is 7. The van der Waals surface area contributed by atoms with Crippen molar-refractivity contribution in [3.05, 3.63) is 230 Å². The Hall–Kier alpha value is -8.85. The van der Waals surface area contributed by atoms with Crippen LogP contribution in [0.25, 0.3) is 111 Å². The lowest BCUT2D eigenvalue weighted by atomic mass is 9.91. The molecule has 0 fully saturated rings. The van der Waals surface area contributed by atoms with Crippen LogP contribution in [-0.4, -0.2) is 19.1 Å². The molecule has 0 unspecified atom stereocenters. The average Bonchev–Trinajstić information content (AvgIpc) is 3.89. The van der Waals surface area contributed by atoms with Gasteiger partial charge in [0.15, 0.2) is 5.82 Å². The first-order valence-corrected chi connectivity index (χ1v) is 21.5. The maximum atomic E-state index is 10.9. The quantitative estimate of drug-likeness (QED) is 0.161. The summed E-state index contributed by atoms with van der Waals surface area (Å²) in [6.07, 6.45) is 0. The van der Waals surface area contributed by atoms with Crippen LogP contribution in [0.2, 0.25) is 0 Å². The Kier molecular flexibility index (Phi) is 8.81. The van der Waals surface area contributed by atoms with E-state index in [2.05, 4.69) is 173 Å². The topological polar surface area (TPSA) is 59.4 Å². The van der Waals surface area contributed by atoms with E-state index in [0.717, 1.165) is 83.2 Å². The van der Waals surface area contributed by atoms with Gasteiger partial charge in [0.25, 0.3) is 0 Å². The van der Waals surface area contributed by atoms with Crippen LogP contribution in [0.1, 0.15) is 5.56 Å². The van der Waals surface area contributed by atoms with Gasteiger partial charge in [-0.3, -0.25) is 0 Å². The molecule has 0 saturated heterocycles. The Labute approximate surface area is 370 Å². The lowest BCUT2D eigenvalue weighted by Crippen LogP contribution is -2.07. The first-order valence-electron chi connectivity index (χ1n) is 21.5. The van der Waals surface area contributed by atoms with Crippen LogP contribution < -0.4 is 0 Å². The molecule has 0 saturated carbocycles. The highest BCUT2D eigenvalue weighted by molar-refractivity contribution is 6.13. The highest BCUT2D eigenvalue weighted by Crippen LogP contribution is 2.46. The predicted octanol–water partition coefficient (Wildman–Crippen LogP) is 14.9. The maximum Gasteiger partial charge on any atom is 0.163 e. The van der Waals surface area contributed by atoms with Gasteiger partial charge in [-0.15, -0.1) is 0 Å². The van der Waals surface area contributed by atoms with Crippen LogP contribution in [0.4, 0.5) is 0 Å². The van der Waals surface area contributed by atoms with E-state index in [1.807, 2.05) is 66.7 Å². The van der Waals surface area contributed by atoms with Crippen molar-refractivity contribution in [3.8, 4) is 73.6 Å². The predicted molar refractivity (Wildman–Crippen MR) is 263 cm³/mol. The minimum Gasteiger partial charge on any atom is -0.309 e. The van der Waals surface area contributed by atoms with Gasteiger partial charge < -0.3 is 9.13 Å². The van der Waals surface area contributed by atoms with Crippen LogP contribution >= 0.6 is 0 Å². The highest BCUT2D eigenvalue weighted by atomic mass is 15.0. The van der Waals surface area contributed by atoms with Crippen molar-refractivity contribution in [1.82, 2.24) is 19.1 Å². The molecule has 3 heterocycles. The molecular formula is C59H37N5. The molecule has 5 nitrogen and oxygen atoms in total. The molecule has 9 aromatic carbocycles. The van der Waals surface area contributed by atoms with Gasteiger partial charge in [0.05, 0.1) is 44.7 Å².